The van der Waals surface area contributed by atoms with Gasteiger partial charge in [0.05, 0.1) is 0 Å². The van der Waals surface area contributed by atoms with Crippen molar-refractivity contribution in [3.63, 3.8) is 0 Å². The Balaban J connectivity index is 1.81. The summed E-state index contributed by atoms with van der Waals surface area (Å²) in [7, 11) is 2.00. The van der Waals surface area contributed by atoms with E-state index in [1.165, 1.54) is 50.0 Å². The molecule has 0 atom stereocenters. The molecule has 1 aromatic carbocycles. The van der Waals surface area contributed by atoms with Crippen molar-refractivity contribution in [3.05, 3.63) is 28.8 Å². The highest BCUT2D eigenvalue weighted by atomic mass is 35.5. The fraction of sp³-hybridized carbons (Fsp3) is 0.625. The summed E-state index contributed by atoms with van der Waals surface area (Å²) >= 11 is 6.15. The second-order valence-electron chi connectivity index (χ2n) is 6.10. The minimum atomic E-state index is 0.840. The molecule has 0 spiro atoms. The molecule has 0 heterocycles. The maximum Gasteiger partial charge on any atom is 0.0413 e. The third kappa shape index (κ3) is 3.64. The van der Waals surface area contributed by atoms with Gasteiger partial charge in [-0.15, -0.1) is 0 Å². The maximum atomic E-state index is 6.15. The number of benzene rings is 1. The van der Waals surface area contributed by atoms with Gasteiger partial charge in [-0.2, -0.15) is 0 Å². The van der Waals surface area contributed by atoms with Gasteiger partial charge in [-0.25, -0.2) is 0 Å². The third-order valence-electron chi connectivity index (χ3n) is 4.10. The lowest BCUT2D eigenvalue weighted by Gasteiger charge is -2.27. The Labute approximate surface area is 121 Å². The van der Waals surface area contributed by atoms with Crippen LogP contribution >= 0.6 is 11.6 Å². The SMILES string of the molecule is CNCc1cc(Cl)ccc1N(CC1CC1)CC1CC1. The summed E-state index contributed by atoms with van der Waals surface area (Å²) in [5, 5.41) is 4.10. The van der Waals surface area contributed by atoms with Gasteiger partial charge in [-0.3, -0.25) is 0 Å². The van der Waals surface area contributed by atoms with Crippen molar-refractivity contribution in [2.45, 2.75) is 32.2 Å². The summed E-state index contributed by atoms with van der Waals surface area (Å²) in [6, 6.07) is 6.35. The fourth-order valence-electron chi connectivity index (χ4n) is 2.69. The Morgan fingerprint density at radius 3 is 2.32 bits per heavy atom. The van der Waals surface area contributed by atoms with Crippen LogP contribution in [0.1, 0.15) is 31.2 Å². The van der Waals surface area contributed by atoms with Crippen molar-refractivity contribution in [1.29, 1.82) is 0 Å². The van der Waals surface area contributed by atoms with Crippen LogP contribution in [0.25, 0.3) is 0 Å². The summed E-state index contributed by atoms with van der Waals surface area (Å²) in [6.07, 6.45) is 5.65. The van der Waals surface area contributed by atoms with Crippen LogP contribution in [0.2, 0.25) is 5.02 Å². The highest BCUT2D eigenvalue weighted by Gasteiger charge is 2.30. The standard InChI is InChI=1S/C16H23ClN2/c1-18-9-14-8-15(17)6-7-16(14)19(10-12-2-3-12)11-13-4-5-13/h6-8,12-13,18H,2-5,9-11H2,1H3. The predicted molar refractivity (Wildman–Crippen MR) is 81.9 cm³/mol. The Bertz CT molecular complexity index is 424. The molecule has 3 rings (SSSR count). The molecule has 0 aromatic heterocycles. The first kappa shape index (κ1) is 13.3. The van der Waals surface area contributed by atoms with Crippen LogP contribution in [0, 0.1) is 11.8 Å². The molecule has 0 amide bonds. The molecular formula is C16H23ClN2. The number of hydrogen-bond acceptors (Lipinski definition) is 2. The molecule has 2 fully saturated rings. The molecule has 2 aliphatic rings. The monoisotopic (exact) mass is 278 g/mol. The van der Waals surface area contributed by atoms with Gasteiger partial charge in [0.25, 0.3) is 0 Å². The van der Waals surface area contributed by atoms with E-state index in [0.717, 1.165) is 23.4 Å². The molecule has 1 aromatic rings. The lowest BCUT2D eigenvalue weighted by atomic mass is 10.1. The van der Waals surface area contributed by atoms with E-state index < -0.39 is 0 Å². The van der Waals surface area contributed by atoms with E-state index in [4.69, 9.17) is 11.6 Å². The Kier molecular flexibility index (Phi) is 3.99. The Morgan fingerprint density at radius 2 is 1.79 bits per heavy atom. The third-order valence-corrected chi connectivity index (χ3v) is 4.34. The first-order valence-electron chi connectivity index (χ1n) is 7.44. The van der Waals surface area contributed by atoms with Gasteiger partial charge >= 0.3 is 0 Å². The molecule has 0 unspecified atom stereocenters. The number of rotatable bonds is 7. The van der Waals surface area contributed by atoms with Crippen molar-refractivity contribution < 1.29 is 0 Å². The quantitative estimate of drug-likeness (QED) is 0.818. The van der Waals surface area contributed by atoms with Crippen LogP contribution in [-0.4, -0.2) is 20.1 Å². The molecule has 2 nitrogen and oxygen atoms in total. The lowest BCUT2D eigenvalue weighted by Crippen LogP contribution is -2.29. The average molecular weight is 279 g/mol. The van der Waals surface area contributed by atoms with E-state index in [2.05, 4.69) is 22.3 Å². The molecule has 1 N–H and O–H groups in total. The van der Waals surface area contributed by atoms with Crippen LogP contribution in [0.4, 0.5) is 5.69 Å². The van der Waals surface area contributed by atoms with Crippen LogP contribution < -0.4 is 10.2 Å². The summed E-state index contributed by atoms with van der Waals surface area (Å²) in [5.41, 5.74) is 2.72. The second-order valence-corrected chi connectivity index (χ2v) is 6.53. The van der Waals surface area contributed by atoms with Gasteiger partial charge in [-0.1, -0.05) is 11.6 Å². The summed E-state index contributed by atoms with van der Waals surface area (Å²) in [6.45, 7) is 3.35. The molecule has 0 aliphatic heterocycles. The Hall–Kier alpha value is -0.730. The number of nitrogens with zero attached hydrogens (tertiary/aromatic N) is 1. The average Bonchev–Trinajstić information content (AvgIpc) is 3.24. The van der Waals surface area contributed by atoms with Crippen molar-refractivity contribution in [3.8, 4) is 0 Å². The van der Waals surface area contributed by atoms with Crippen molar-refractivity contribution in [2.24, 2.45) is 11.8 Å². The molecular weight excluding hydrogens is 256 g/mol. The number of anilines is 1. The zero-order valence-electron chi connectivity index (χ0n) is 11.7. The normalized spacial score (nSPS) is 18.6. The van der Waals surface area contributed by atoms with Crippen molar-refractivity contribution >= 4 is 17.3 Å². The molecule has 3 heteroatoms. The molecule has 2 aliphatic carbocycles. The minimum Gasteiger partial charge on any atom is -0.371 e. The van der Waals surface area contributed by atoms with E-state index in [1.54, 1.807) is 0 Å². The highest BCUT2D eigenvalue weighted by molar-refractivity contribution is 6.30. The van der Waals surface area contributed by atoms with Gasteiger partial charge in [0.15, 0.2) is 0 Å². The summed E-state index contributed by atoms with van der Waals surface area (Å²) in [5.74, 6) is 1.86. The second kappa shape index (κ2) is 5.72. The molecule has 19 heavy (non-hydrogen) atoms. The number of nitrogens with one attached hydrogen (secondary N) is 1. The van der Waals surface area contributed by atoms with Crippen LogP contribution in [0.15, 0.2) is 18.2 Å². The zero-order valence-corrected chi connectivity index (χ0v) is 12.4. The van der Waals surface area contributed by atoms with Crippen LogP contribution in [-0.2, 0) is 6.54 Å². The number of hydrogen-bond donors (Lipinski definition) is 1. The summed E-state index contributed by atoms with van der Waals surface area (Å²) < 4.78 is 0. The van der Waals surface area contributed by atoms with Gasteiger partial charge in [0.1, 0.15) is 0 Å². The smallest absolute Gasteiger partial charge is 0.0413 e. The van der Waals surface area contributed by atoms with Crippen LogP contribution in [0.3, 0.4) is 0 Å². The first-order valence-corrected chi connectivity index (χ1v) is 7.82. The molecule has 104 valence electrons. The van der Waals surface area contributed by atoms with Gasteiger partial charge in [-0.05, 0) is 68.3 Å². The minimum absolute atomic E-state index is 0.840. The van der Waals surface area contributed by atoms with E-state index in [1.807, 2.05) is 13.1 Å². The van der Waals surface area contributed by atoms with E-state index in [0.29, 0.717) is 0 Å². The van der Waals surface area contributed by atoms with E-state index >= 15 is 0 Å². The largest absolute Gasteiger partial charge is 0.371 e. The van der Waals surface area contributed by atoms with Gasteiger partial charge in [0, 0.05) is 30.3 Å². The Morgan fingerprint density at radius 1 is 1.16 bits per heavy atom. The van der Waals surface area contributed by atoms with Crippen LogP contribution in [0.5, 0.6) is 0 Å². The lowest BCUT2D eigenvalue weighted by molar-refractivity contribution is 0.673. The van der Waals surface area contributed by atoms with E-state index in [-0.39, 0.29) is 0 Å². The highest BCUT2D eigenvalue weighted by Crippen LogP contribution is 2.37. The topological polar surface area (TPSA) is 15.3 Å². The first-order chi connectivity index (χ1) is 9.26. The molecule has 2 saturated carbocycles. The molecule has 0 saturated heterocycles. The maximum absolute atomic E-state index is 6.15. The molecule has 0 bridgehead atoms. The fourth-order valence-corrected chi connectivity index (χ4v) is 2.88. The van der Waals surface area contributed by atoms with Crippen molar-refractivity contribution in [2.75, 3.05) is 25.0 Å². The number of halogens is 1. The molecule has 0 radical (unpaired) electrons. The predicted octanol–water partition coefficient (Wildman–Crippen LogP) is 3.69. The van der Waals surface area contributed by atoms with Gasteiger partial charge < -0.3 is 10.2 Å². The van der Waals surface area contributed by atoms with E-state index in [9.17, 15) is 0 Å². The van der Waals surface area contributed by atoms with Crippen molar-refractivity contribution in [1.82, 2.24) is 5.32 Å². The summed E-state index contributed by atoms with van der Waals surface area (Å²) in [4.78, 5) is 2.61. The zero-order chi connectivity index (χ0) is 13.2. The van der Waals surface area contributed by atoms with Gasteiger partial charge in [0.2, 0.25) is 0 Å².